The molecule has 2 N–H and O–H groups in total. The molecule has 2 heterocycles. The van der Waals surface area contributed by atoms with Gasteiger partial charge in [0.25, 0.3) is 5.56 Å². The molecule has 0 bridgehead atoms. The molecule has 1 unspecified atom stereocenters. The Kier molecular flexibility index (Phi) is 2.80. The summed E-state index contributed by atoms with van der Waals surface area (Å²) in [5.74, 6) is -0.221. The average molecular weight is 250 g/mol. The van der Waals surface area contributed by atoms with Crippen LogP contribution in [0.5, 0.6) is 0 Å². The third kappa shape index (κ3) is 1.71. The Morgan fingerprint density at radius 3 is 3.11 bits per heavy atom. The Morgan fingerprint density at radius 1 is 1.50 bits per heavy atom. The van der Waals surface area contributed by atoms with E-state index in [0.717, 1.165) is 16.8 Å². The van der Waals surface area contributed by atoms with Gasteiger partial charge in [0.15, 0.2) is 0 Å². The topological polar surface area (TPSA) is 54.1 Å². The minimum absolute atomic E-state index is 0.0638. The first-order chi connectivity index (χ1) is 8.70. The Bertz CT molecular complexity index is 577. The highest BCUT2D eigenvalue weighted by atomic mass is 19.1. The van der Waals surface area contributed by atoms with Gasteiger partial charge < -0.3 is 15.0 Å². The maximum absolute atomic E-state index is 13.3. The lowest BCUT2D eigenvalue weighted by atomic mass is 9.88. The van der Waals surface area contributed by atoms with E-state index in [9.17, 15) is 9.18 Å². The molecule has 1 aliphatic carbocycles. The van der Waals surface area contributed by atoms with Crippen molar-refractivity contribution in [2.75, 3.05) is 13.7 Å². The number of aromatic amines is 1. The van der Waals surface area contributed by atoms with Gasteiger partial charge in [0, 0.05) is 17.7 Å². The summed E-state index contributed by atoms with van der Waals surface area (Å²) in [5, 5.41) is 3.18. The van der Waals surface area contributed by atoms with E-state index in [-0.39, 0.29) is 17.4 Å². The van der Waals surface area contributed by atoms with Crippen LogP contribution in [0.1, 0.15) is 34.8 Å². The van der Waals surface area contributed by atoms with Crippen molar-refractivity contribution >= 4 is 6.08 Å². The van der Waals surface area contributed by atoms with Crippen LogP contribution in [0.2, 0.25) is 0 Å². The summed E-state index contributed by atoms with van der Waals surface area (Å²) < 4.78 is 18.8. The van der Waals surface area contributed by atoms with E-state index >= 15 is 0 Å². The maximum Gasteiger partial charge on any atom is 0.255 e. The quantitative estimate of drug-likeness (QED) is 0.792. The number of likely N-dealkylation sites (N-methyl/N-ethyl adjacent to an activating group) is 1. The fourth-order valence-corrected chi connectivity index (χ4v) is 2.76. The molecule has 0 amide bonds. The van der Waals surface area contributed by atoms with Crippen molar-refractivity contribution in [2.24, 2.45) is 0 Å². The van der Waals surface area contributed by atoms with Crippen molar-refractivity contribution in [3.8, 4) is 0 Å². The normalized spacial score (nSPS) is 22.1. The van der Waals surface area contributed by atoms with Gasteiger partial charge in [-0.1, -0.05) is 0 Å². The van der Waals surface area contributed by atoms with Crippen LogP contribution in [0.3, 0.4) is 0 Å². The second-order valence-corrected chi connectivity index (χ2v) is 4.69. The summed E-state index contributed by atoms with van der Waals surface area (Å²) in [7, 11) is 1.86. The number of halogens is 1. The summed E-state index contributed by atoms with van der Waals surface area (Å²) in [6.07, 6.45) is 2.32. The maximum atomic E-state index is 13.3. The highest BCUT2D eigenvalue weighted by Crippen LogP contribution is 2.32. The molecule has 1 aromatic rings. The second-order valence-electron chi connectivity index (χ2n) is 4.69. The molecular formula is C13H15FN2O2. The van der Waals surface area contributed by atoms with Gasteiger partial charge in [-0.2, -0.15) is 0 Å². The van der Waals surface area contributed by atoms with Crippen LogP contribution in [-0.2, 0) is 17.8 Å². The third-order valence-electron chi connectivity index (χ3n) is 3.63. The fourth-order valence-electron chi connectivity index (χ4n) is 2.76. The van der Waals surface area contributed by atoms with Crippen LogP contribution in [0.25, 0.3) is 6.08 Å². The van der Waals surface area contributed by atoms with Crippen molar-refractivity contribution < 1.29 is 9.13 Å². The molecule has 1 aromatic heterocycles. The number of pyridine rings is 1. The predicted molar refractivity (Wildman–Crippen MR) is 65.9 cm³/mol. The number of hydrogen-bond acceptors (Lipinski definition) is 3. The summed E-state index contributed by atoms with van der Waals surface area (Å²) in [5.41, 5.74) is 3.12. The number of allylic oxidation sites excluding steroid dienone is 1. The number of rotatable bonds is 1. The molecule has 0 radical (unpaired) electrons. The molecule has 2 aliphatic rings. The lowest BCUT2D eigenvalue weighted by Gasteiger charge is -2.29. The first-order valence-electron chi connectivity index (χ1n) is 6.09. The van der Waals surface area contributed by atoms with Crippen LogP contribution in [0.15, 0.2) is 10.6 Å². The molecule has 4 nitrogen and oxygen atoms in total. The number of aromatic nitrogens is 1. The fraction of sp³-hybridized carbons (Fsp3) is 0.462. The Balaban J connectivity index is 2.25. The predicted octanol–water partition coefficient (Wildman–Crippen LogP) is 1.42. The minimum Gasteiger partial charge on any atom is -0.373 e. The zero-order valence-electron chi connectivity index (χ0n) is 10.2. The first kappa shape index (κ1) is 11.6. The van der Waals surface area contributed by atoms with Gasteiger partial charge >= 0.3 is 0 Å². The average Bonchev–Trinajstić information content (AvgIpc) is 2.38. The second kappa shape index (κ2) is 4.33. The summed E-state index contributed by atoms with van der Waals surface area (Å²) in [6.45, 7) is 0.996. The van der Waals surface area contributed by atoms with Crippen molar-refractivity contribution in [1.29, 1.82) is 0 Å². The van der Waals surface area contributed by atoms with Crippen molar-refractivity contribution in [3.05, 3.63) is 38.6 Å². The van der Waals surface area contributed by atoms with Crippen molar-refractivity contribution in [1.82, 2.24) is 10.3 Å². The third-order valence-corrected chi connectivity index (χ3v) is 3.63. The Labute approximate surface area is 104 Å². The molecule has 18 heavy (non-hydrogen) atoms. The highest BCUT2D eigenvalue weighted by Gasteiger charge is 2.27. The number of fused-ring (bicyclic) bond motifs is 3. The van der Waals surface area contributed by atoms with E-state index in [2.05, 4.69) is 10.3 Å². The molecule has 96 valence electrons. The highest BCUT2D eigenvalue weighted by molar-refractivity contribution is 5.60. The smallest absolute Gasteiger partial charge is 0.255 e. The molecular weight excluding hydrogens is 235 g/mol. The van der Waals surface area contributed by atoms with Gasteiger partial charge in [-0.15, -0.1) is 0 Å². The zero-order chi connectivity index (χ0) is 12.7. The molecule has 3 rings (SSSR count). The van der Waals surface area contributed by atoms with E-state index in [4.69, 9.17) is 4.74 Å². The van der Waals surface area contributed by atoms with E-state index in [1.165, 1.54) is 6.08 Å². The first-order valence-corrected chi connectivity index (χ1v) is 6.09. The standard InChI is InChI=1S/C13H15FN2O2/c1-15-10-5-18-6-11-12(10)8-3-2-7(14)4-9(8)13(17)16-11/h4,10,15H,2-3,5-6H2,1H3,(H,16,17). The number of nitrogens with one attached hydrogen (secondary N) is 2. The summed E-state index contributed by atoms with van der Waals surface area (Å²) >= 11 is 0. The molecule has 5 heteroatoms. The van der Waals surface area contributed by atoms with Crippen molar-refractivity contribution in [3.63, 3.8) is 0 Å². The number of ether oxygens (including phenoxy) is 1. The zero-order valence-corrected chi connectivity index (χ0v) is 10.2. The summed E-state index contributed by atoms with van der Waals surface area (Å²) in [4.78, 5) is 14.7. The molecule has 0 saturated carbocycles. The van der Waals surface area contributed by atoms with E-state index in [0.29, 0.717) is 31.6 Å². The largest absolute Gasteiger partial charge is 0.373 e. The van der Waals surface area contributed by atoms with Crippen LogP contribution in [0, 0.1) is 0 Å². The Morgan fingerprint density at radius 2 is 2.33 bits per heavy atom. The molecule has 0 saturated heterocycles. The number of hydrogen-bond donors (Lipinski definition) is 2. The van der Waals surface area contributed by atoms with Crippen LogP contribution < -0.4 is 10.9 Å². The van der Waals surface area contributed by atoms with Gasteiger partial charge in [-0.3, -0.25) is 4.79 Å². The van der Waals surface area contributed by atoms with Crippen LogP contribution in [-0.4, -0.2) is 18.6 Å². The van der Waals surface area contributed by atoms with E-state index in [1.807, 2.05) is 7.05 Å². The van der Waals surface area contributed by atoms with Gasteiger partial charge in [0.05, 0.1) is 19.3 Å². The van der Waals surface area contributed by atoms with Crippen LogP contribution >= 0.6 is 0 Å². The summed E-state index contributed by atoms with van der Waals surface area (Å²) in [6, 6.07) is 0.0638. The Hall–Kier alpha value is -1.46. The van der Waals surface area contributed by atoms with Gasteiger partial charge in [0.2, 0.25) is 0 Å². The number of H-pyrrole nitrogens is 1. The molecule has 1 atom stereocenters. The molecule has 0 spiro atoms. The minimum atomic E-state index is -0.223. The lowest BCUT2D eigenvalue weighted by molar-refractivity contribution is 0.0806. The van der Waals surface area contributed by atoms with Gasteiger partial charge in [-0.05, 0) is 30.7 Å². The molecule has 0 aromatic carbocycles. The van der Waals surface area contributed by atoms with Crippen molar-refractivity contribution in [2.45, 2.75) is 25.5 Å². The van der Waals surface area contributed by atoms with E-state index in [1.54, 1.807) is 0 Å². The van der Waals surface area contributed by atoms with Gasteiger partial charge in [0.1, 0.15) is 5.83 Å². The SMILES string of the molecule is CNC1COCc2[nH]c(=O)c3c(c21)CCC(F)=C3. The molecule has 0 fully saturated rings. The van der Waals surface area contributed by atoms with Gasteiger partial charge in [-0.25, -0.2) is 4.39 Å². The lowest BCUT2D eigenvalue weighted by Crippen LogP contribution is -2.32. The monoisotopic (exact) mass is 250 g/mol. The van der Waals surface area contributed by atoms with Crippen LogP contribution in [0.4, 0.5) is 4.39 Å². The van der Waals surface area contributed by atoms with E-state index < -0.39 is 0 Å². The molecule has 1 aliphatic heterocycles.